The molecule has 0 aromatic carbocycles. The van der Waals surface area contributed by atoms with Crippen molar-refractivity contribution in [3.8, 4) is 0 Å². The Labute approximate surface area is 148 Å². The van der Waals surface area contributed by atoms with Crippen LogP contribution in [0.2, 0.25) is 0 Å². The molecule has 134 valence electrons. The number of nitrogens with zero attached hydrogens (tertiary/aromatic N) is 6. The predicted molar refractivity (Wildman–Crippen MR) is 97.6 cm³/mol. The van der Waals surface area contributed by atoms with E-state index in [1.165, 1.54) is 0 Å². The van der Waals surface area contributed by atoms with Crippen LogP contribution < -0.4 is 10.5 Å². The van der Waals surface area contributed by atoms with Gasteiger partial charge in [0.25, 0.3) is 5.56 Å². The molecule has 1 aliphatic rings. The molecule has 2 aromatic heterocycles. The van der Waals surface area contributed by atoms with E-state index in [1.54, 1.807) is 16.8 Å². The van der Waals surface area contributed by atoms with Crippen LogP contribution in [0.15, 0.2) is 29.3 Å². The zero-order chi connectivity index (χ0) is 17.8. The van der Waals surface area contributed by atoms with Crippen LogP contribution in [0.5, 0.6) is 0 Å². The molecule has 2 aromatic rings. The second-order valence-corrected chi connectivity index (χ2v) is 7.00. The summed E-state index contributed by atoms with van der Waals surface area (Å²) in [6.45, 7) is 5.57. The van der Waals surface area contributed by atoms with Gasteiger partial charge in [0.2, 0.25) is 5.95 Å². The monoisotopic (exact) mass is 342 g/mol. The van der Waals surface area contributed by atoms with Crippen LogP contribution in [0.25, 0.3) is 0 Å². The highest BCUT2D eigenvalue weighted by Crippen LogP contribution is 2.20. The summed E-state index contributed by atoms with van der Waals surface area (Å²) in [7, 11) is 3.88. The molecule has 0 saturated carbocycles. The first-order chi connectivity index (χ1) is 12.0. The number of aromatic nitrogens is 4. The van der Waals surface area contributed by atoms with Crippen LogP contribution in [0.3, 0.4) is 0 Å². The lowest BCUT2D eigenvalue weighted by Crippen LogP contribution is -2.36. The minimum absolute atomic E-state index is 0.00818. The smallest absolute Gasteiger partial charge is 0.266 e. The lowest BCUT2D eigenvalue weighted by molar-refractivity contribution is 0.163. The van der Waals surface area contributed by atoms with Crippen molar-refractivity contribution in [2.24, 2.45) is 5.92 Å². The van der Waals surface area contributed by atoms with Gasteiger partial charge < -0.3 is 4.90 Å². The molecule has 7 nitrogen and oxygen atoms in total. The summed E-state index contributed by atoms with van der Waals surface area (Å²) in [6.07, 6.45) is 5.98. The van der Waals surface area contributed by atoms with Gasteiger partial charge in [-0.2, -0.15) is 5.10 Å². The van der Waals surface area contributed by atoms with E-state index in [0.717, 1.165) is 56.2 Å². The normalized spacial score (nSPS) is 16.1. The number of hydrogen-bond donors (Lipinski definition) is 0. The van der Waals surface area contributed by atoms with Crippen molar-refractivity contribution in [2.45, 2.75) is 32.9 Å². The lowest BCUT2D eigenvalue weighted by atomic mass is 9.96. The lowest BCUT2D eigenvalue weighted by Gasteiger charge is -2.31. The minimum Gasteiger partial charge on any atom is -0.347 e. The molecule has 0 bridgehead atoms. The fraction of sp³-hybridized carbons (Fsp3) is 0.556. The molecular weight excluding hydrogens is 316 g/mol. The van der Waals surface area contributed by atoms with Crippen LogP contribution in [0.4, 0.5) is 5.95 Å². The molecule has 0 aliphatic carbocycles. The minimum atomic E-state index is -0.00818. The van der Waals surface area contributed by atoms with E-state index in [9.17, 15) is 4.79 Å². The Kier molecular flexibility index (Phi) is 5.43. The number of aryl methyl sites for hydroxylation is 1. The maximum Gasteiger partial charge on any atom is 0.266 e. The Hall–Kier alpha value is -2.28. The molecule has 7 heteroatoms. The van der Waals surface area contributed by atoms with E-state index in [1.807, 2.05) is 38.3 Å². The average molecular weight is 342 g/mol. The number of rotatable bonds is 5. The van der Waals surface area contributed by atoms with Gasteiger partial charge in [0.1, 0.15) is 0 Å². The standard InChI is InChI=1S/C18H26N6O/c1-14-4-5-17(25)24(21-14)13-15-6-8-23(9-7-15)12-16-10-19-18(20-11-16)22(2)3/h4-5,10-11,15H,6-9,12-13H2,1-3H3. The summed E-state index contributed by atoms with van der Waals surface area (Å²) in [5, 5.41) is 4.35. The van der Waals surface area contributed by atoms with Gasteiger partial charge in [0, 0.05) is 51.2 Å². The Morgan fingerprint density at radius 2 is 1.84 bits per heavy atom. The molecule has 0 radical (unpaired) electrons. The Morgan fingerprint density at radius 3 is 2.48 bits per heavy atom. The van der Waals surface area contributed by atoms with E-state index in [2.05, 4.69) is 20.0 Å². The number of hydrogen-bond acceptors (Lipinski definition) is 6. The van der Waals surface area contributed by atoms with Crippen molar-refractivity contribution in [3.63, 3.8) is 0 Å². The molecule has 25 heavy (non-hydrogen) atoms. The van der Waals surface area contributed by atoms with Crippen molar-refractivity contribution in [1.29, 1.82) is 0 Å². The molecular formula is C18H26N6O. The number of piperidine rings is 1. The Morgan fingerprint density at radius 1 is 1.16 bits per heavy atom. The molecule has 0 atom stereocenters. The quantitative estimate of drug-likeness (QED) is 0.816. The predicted octanol–water partition coefficient (Wildman–Crippen LogP) is 1.32. The van der Waals surface area contributed by atoms with Gasteiger partial charge in [0.05, 0.1) is 5.69 Å². The van der Waals surface area contributed by atoms with Crippen molar-refractivity contribution in [1.82, 2.24) is 24.6 Å². The van der Waals surface area contributed by atoms with Gasteiger partial charge in [-0.25, -0.2) is 14.6 Å². The van der Waals surface area contributed by atoms with Crippen molar-refractivity contribution < 1.29 is 0 Å². The van der Waals surface area contributed by atoms with Crippen LogP contribution in [-0.2, 0) is 13.1 Å². The van der Waals surface area contributed by atoms with E-state index >= 15 is 0 Å². The van der Waals surface area contributed by atoms with Gasteiger partial charge in [0.15, 0.2) is 0 Å². The first-order valence-electron chi connectivity index (χ1n) is 8.76. The third-order valence-electron chi connectivity index (χ3n) is 4.64. The molecule has 0 unspecified atom stereocenters. The summed E-state index contributed by atoms with van der Waals surface area (Å²) in [5.41, 5.74) is 2.02. The zero-order valence-electron chi connectivity index (χ0n) is 15.2. The first kappa shape index (κ1) is 17.5. The molecule has 1 fully saturated rings. The van der Waals surface area contributed by atoms with Crippen LogP contribution in [0, 0.1) is 12.8 Å². The number of anilines is 1. The summed E-state index contributed by atoms with van der Waals surface area (Å²) in [4.78, 5) is 25.0. The van der Waals surface area contributed by atoms with Gasteiger partial charge in [-0.1, -0.05) is 0 Å². The van der Waals surface area contributed by atoms with Crippen LogP contribution in [-0.4, -0.2) is 51.8 Å². The van der Waals surface area contributed by atoms with Gasteiger partial charge in [-0.05, 0) is 44.8 Å². The molecule has 0 amide bonds. The topological polar surface area (TPSA) is 67.2 Å². The highest BCUT2D eigenvalue weighted by atomic mass is 16.1. The van der Waals surface area contributed by atoms with Crippen molar-refractivity contribution in [3.05, 3.63) is 46.1 Å². The summed E-state index contributed by atoms with van der Waals surface area (Å²) >= 11 is 0. The first-order valence-corrected chi connectivity index (χ1v) is 8.76. The zero-order valence-corrected chi connectivity index (χ0v) is 15.2. The van der Waals surface area contributed by atoms with Gasteiger partial charge in [-0.15, -0.1) is 0 Å². The van der Waals surface area contributed by atoms with Gasteiger partial charge in [-0.3, -0.25) is 9.69 Å². The molecule has 3 heterocycles. The maximum absolute atomic E-state index is 11.9. The summed E-state index contributed by atoms with van der Waals surface area (Å²) in [6, 6.07) is 3.37. The van der Waals surface area contributed by atoms with E-state index in [0.29, 0.717) is 5.92 Å². The largest absolute Gasteiger partial charge is 0.347 e. The SMILES string of the molecule is Cc1ccc(=O)n(CC2CCN(Cc3cnc(N(C)C)nc3)CC2)n1. The van der Waals surface area contributed by atoms with E-state index in [4.69, 9.17) is 0 Å². The molecule has 0 N–H and O–H groups in total. The van der Waals surface area contributed by atoms with Crippen LogP contribution >= 0.6 is 0 Å². The van der Waals surface area contributed by atoms with Crippen LogP contribution in [0.1, 0.15) is 24.1 Å². The third kappa shape index (κ3) is 4.63. The second kappa shape index (κ2) is 7.74. The fourth-order valence-corrected chi connectivity index (χ4v) is 3.17. The highest BCUT2D eigenvalue weighted by Gasteiger charge is 2.20. The fourth-order valence-electron chi connectivity index (χ4n) is 3.17. The van der Waals surface area contributed by atoms with E-state index < -0.39 is 0 Å². The number of likely N-dealkylation sites (tertiary alicyclic amines) is 1. The molecule has 3 rings (SSSR count). The molecule has 1 aliphatic heterocycles. The third-order valence-corrected chi connectivity index (χ3v) is 4.64. The summed E-state index contributed by atoms with van der Waals surface area (Å²) in [5.74, 6) is 1.24. The van der Waals surface area contributed by atoms with E-state index in [-0.39, 0.29) is 5.56 Å². The Balaban J connectivity index is 1.51. The summed E-state index contributed by atoms with van der Waals surface area (Å²) < 4.78 is 1.61. The van der Waals surface area contributed by atoms with Crippen molar-refractivity contribution in [2.75, 3.05) is 32.1 Å². The van der Waals surface area contributed by atoms with Crippen molar-refractivity contribution >= 4 is 5.95 Å². The van der Waals surface area contributed by atoms with Gasteiger partial charge >= 0.3 is 0 Å². The second-order valence-electron chi connectivity index (χ2n) is 7.00. The highest BCUT2D eigenvalue weighted by molar-refractivity contribution is 5.26. The maximum atomic E-state index is 11.9. The average Bonchev–Trinajstić information content (AvgIpc) is 2.60. The Bertz CT molecular complexity index is 747. The molecule has 0 spiro atoms. The molecule has 1 saturated heterocycles.